The zero-order valence-electron chi connectivity index (χ0n) is 9.78. The average Bonchev–Trinajstić information content (AvgIpc) is 2.51. The summed E-state index contributed by atoms with van der Waals surface area (Å²) in [6.45, 7) is 1.75. The molecule has 92 valence electrons. The van der Waals surface area contributed by atoms with Crippen molar-refractivity contribution in [3.8, 4) is 0 Å². The Balaban J connectivity index is 2.39. The van der Waals surface area contributed by atoms with Gasteiger partial charge in [-0.15, -0.1) is 0 Å². The number of carbonyl (C=O) groups is 1. The largest absolute Gasteiger partial charge is 0.289 e. The van der Waals surface area contributed by atoms with Crippen molar-refractivity contribution in [2.75, 3.05) is 0 Å². The van der Waals surface area contributed by atoms with E-state index in [1.807, 2.05) is 0 Å². The minimum absolute atomic E-state index is 0.0890. The average molecular weight is 247 g/mol. The standard InChI is InChI=1S/C14H11F2NO/c1-9-4-5-17-8-13(9)14(18)10-6-11(15)2-3-12(16)7-10/h2-6,8H,7H2,1H3. The van der Waals surface area contributed by atoms with Gasteiger partial charge >= 0.3 is 0 Å². The van der Waals surface area contributed by atoms with Crippen molar-refractivity contribution in [3.63, 3.8) is 0 Å². The Morgan fingerprint density at radius 2 is 2.11 bits per heavy atom. The second kappa shape index (κ2) is 5.04. The van der Waals surface area contributed by atoms with Gasteiger partial charge in [-0.2, -0.15) is 0 Å². The van der Waals surface area contributed by atoms with Crippen LogP contribution in [-0.2, 0) is 0 Å². The molecule has 1 aliphatic rings. The van der Waals surface area contributed by atoms with E-state index < -0.39 is 17.4 Å². The fourth-order valence-electron chi connectivity index (χ4n) is 1.70. The molecule has 1 aromatic heterocycles. The molecule has 2 rings (SSSR count). The molecule has 2 nitrogen and oxygen atoms in total. The monoisotopic (exact) mass is 247 g/mol. The first-order valence-corrected chi connectivity index (χ1v) is 5.45. The van der Waals surface area contributed by atoms with E-state index in [1.165, 1.54) is 6.20 Å². The molecule has 0 fully saturated rings. The summed E-state index contributed by atoms with van der Waals surface area (Å²) in [6.07, 6.45) is 5.88. The number of aryl methyl sites for hydroxylation is 1. The first-order valence-electron chi connectivity index (χ1n) is 5.45. The molecule has 0 aromatic carbocycles. The minimum Gasteiger partial charge on any atom is -0.289 e. The Bertz CT molecular complexity index is 585. The molecule has 0 radical (unpaired) electrons. The predicted molar refractivity (Wildman–Crippen MR) is 64.4 cm³/mol. The van der Waals surface area contributed by atoms with Gasteiger partial charge in [-0.25, -0.2) is 8.78 Å². The SMILES string of the molecule is Cc1ccncc1C(=O)C1=CC(F)=CC=C(F)C1. The third kappa shape index (κ3) is 2.59. The van der Waals surface area contributed by atoms with Crippen molar-refractivity contribution in [1.82, 2.24) is 4.98 Å². The van der Waals surface area contributed by atoms with E-state index in [4.69, 9.17) is 0 Å². The van der Waals surface area contributed by atoms with Gasteiger partial charge in [-0.1, -0.05) is 0 Å². The van der Waals surface area contributed by atoms with E-state index in [1.54, 1.807) is 19.2 Å². The number of halogens is 2. The lowest BCUT2D eigenvalue weighted by atomic mass is 9.98. The third-order valence-corrected chi connectivity index (χ3v) is 2.67. The molecule has 0 N–H and O–H groups in total. The Labute approximate surface area is 103 Å². The van der Waals surface area contributed by atoms with E-state index in [0.717, 1.165) is 23.8 Å². The fourth-order valence-corrected chi connectivity index (χ4v) is 1.70. The molecule has 0 saturated heterocycles. The van der Waals surface area contributed by atoms with Gasteiger partial charge in [0.05, 0.1) is 0 Å². The maximum Gasteiger partial charge on any atom is 0.191 e. The van der Waals surface area contributed by atoms with Crippen LogP contribution in [0.15, 0.2) is 53.9 Å². The molecule has 0 spiro atoms. The van der Waals surface area contributed by atoms with Crippen LogP contribution in [0.1, 0.15) is 22.3 Å². The maximum absolute atomic E-state index is 13.3. The van der Waals surface area contributed by atoms with Crippen LogP contribution in [0.4, 0.5) is 8.78 Å². The molecule has 1 aromatic rings. The summed E-state index contributed by atoms with van der Waals surface area (Å²) in [5.74, 6) is -1.56. The van der Waals surface area contributed by atoms with Crippen LogP contribution in [0.25, 0.3) is 0 Å². The highest BCUT2D eigenvalue weighted by Crippen LogP contribution is 2.23. The van der Waals surface area contributed by atoms with E-state index in [9.17, 15) is 13.6 Å². The molecule has 0 bridgehead atoms. The number of ketones is 1. The zero-order valence-corrected chi connectivity index (χ0v) is 9.78. The number of rotatable bonds is 2. The zero-order chi connectivity index (χ0) is 13.1. The van der Waals surface area contributed by atoms with Gasteiger partial charge in [-0.05, 0) is 36.8 Å². The Morgan fingerprint density at radius 3 is 2.83 bits per heavy atom. The topological polar surface area (TPSA) is 30.0 Å². The molecule has 1 aliphatic carbocycles. The Hall–Kier alpha value is -2.10. The van der Waals surface area contributed by atoms with Crippen molar-refractivity contribution >= 4 is 5.78 Å². The number of hydrogen-bond acceptors (Lipinski definition) is 2. The van der Waals surface area contributed by atoms with E-state index in [0.29, 0.717) is 5.56 Å². The van der Waals surface area contributed by atoms with Crippen LogP contribution in [-0.4, -0.2) is 10.8 Å². The maximum atomic E-state index is 13.3. The smallest absolute Gasteiger partial charge is 0.191 e. The summed E-state index contributed by atoms with van der Waals surface area (Å²) in [7, 11) is 0. The van der Waals surface area contributed by atoms with Crippen molar-refractivity contribution < 1.29 is 13.6 Å². The third-order valence-electron chi connectivity index (χ3n) is 2.67. The van der Waals surface area contributed by atoms with Crippen LogP contribution >= 0.6 is 0 Å². The van der Waals surface area contributed by atoms with Crippen molar-refractivity contribution in [2.45, 2.75) is 13.3 Å². The van der Waals surface area contributed by atoms with Gasteiger partial charge in [-0.3, -0.25) is 9.78 Å². The van der Waals surface area contributed by atoms with Gasteiger partial charge in [0.15, 0.2) is 5.78 Å². The number of allylic oxidation sites excluding steroid dienone is 6. The quantitative estimate of drug-likeness (QED) is 0.747. The normalized spacial score (nSPS) is 15.4. The molecular weight excluding hydrogens is 236 g/mol. The number of pyridine rings is 1. The lowest BCUT2D eigenvalue weighted by Gasteiger charge is -2.06. The van der Waals surface area contributed by atoms with Crippen molar-refractivity contribution in [2.24, 2.45) is 0 Å². The highest BCUT2D eigenvalue weighted by molar-refractivity contribution is 6.09. The molecule has 0 saturated carbocycles. The van der Waals surface area contributed by atoms with E-state index in [2.05, 4.69) is 4.98 Å². The van der Waals surface area contributed by atoms with Crippen molar-refractivity contribution in [3.05, 3.63) is 65.0 Å². The molecule has 18 heavy (non-hydrogen) atoms. The van der Waals surface area contributed by atoms with E-state index >= 15 is 0 Å². The number of carbonyl (C=O) groups excluding carboxylic acids is 1. The van der Waals surface area contributed by atoms with Crippen LogP contribution < -0.4 is 0 Å². The summed E-state index contributed by atoms with van der Waals surface area (Å²) >= 11 is 0. The number of aromatic nitrogens is 1. The molecule has 0 atom stereocenters. The Kier molecular flexibility index (Phi) is 3.46. The van der Waals surface area contributed by atoms with E-state index in [-0.39, 0.29) is 12.0 Å². The summed E-state index contributed by atoms with van der Waals surface area (Å²) in [5, 5.41) is 0. The number of hydrogen-bond donors (Lipinski definition) is 0. The molecule has 0 aliphatic heterocycles. The fraction of sp³-hybridized carbons (Fsp3) is 0.143. The highest BCUT2D eigenvalue weighted by atomic mass is 19.1. The first-order chi connectivity index (χ1) is 8.58. The second-order valence-electron chi connectivity index (χ2n) is 4.03. The molecule has 0 unspecified atom stereocenters. The van der Waals surface area contributed by atoms with Crippen LogP contribution in [0.5, 0.6) is 0 Å². The second-order valence-corrected chi connectivity index (χ2v) is 4.03. The van der Waals surface area contributed by atoms with Gasteiger partial charge < -0.3 is 0 Å². The minimum atomic E-state index is -0.632. The van der Waals surface area contributed by atoms with Gasteiger partial charge in [0, 0.05) is 30.0 Å². The molecule has 4 heteroatoms. The lowest BCUT2D eigenvalue weighted by Crippen LogP contribution is -2.06. The van der Waals surface area contributed by atoms with Gasteiger partial charge in [0.2, 0.25) is 0 Å². The predicted octanol–water partition coefficient (Wildman–Crippen LogP) is 3.61. The van der Waals surface area contributed by atoms with Gasteiger partial charge in [0.1, 0.15) is 11.7 Å². The van der Waals surface area contributed by atoms with Crippen LogP contribution in [0.2, 0.25) is 0 Å². The molecular formula is C14H11F2NO. The highest BCUT2D eigenvalue weighted by Gasteiger charge is 2.18. The van der Waals surface area contributed by atoms with Crippen LogP contribution in [0, 0.1) is 6.92 Å². The van der Waals surface area contributed by atoms with Crippen LogP contribution in [0.3, 0.4) is 0 Å². The lowest BCUT2D eigenvalue weighted by molar-refractivity contribution is 0.103. The van der Waals surface area contributed by atoms with Crippen molar-refractivity contribution in [1.29, 1.82) is 0 Å². The first kappa shape index (κ1) is 12.4. The number of Topliss-reactive ketones (excluding diaryl/α,β-unsaturated/α-hetero) is 1. The summed E-state index contributed by atoms with van der Waals surface area (Å²) in [5.41, 5.74) is 1.19. The molecule has 0 amide bonds. The summed E-state index contributed by atoms with van der Waals surface area (Å²) in [6, 6.07) is 1.68. The molecule has 1 heterocycles. The summed E-state index contributed by atoms with van der Waals surface area (Å²) in [4.78, 5) is 16.0. The number of nitrogens with zero attached hydrogens (tertiary/aromatic N) is 1. The Morgan fingerprint density at radius 1 is 1.33 bits per heavy atom. The summed E-state index contributed by atoms with van der Waals surface area (Å²) < 4.78 is 26.5. The van der Waals surface area contributed by atoms with Gasteiger partial charge in [0.25, 0.3) is 0 Å².